The van der Waals surface area contributed by atoms with Crippen molar-refractivity contribution in [2.45, 2.75) is 0 Å². The SMILES string of the molecule is N#Cc1nc(-c2ccco2)oc1N1CCN(C(=O)c2cc(-c3ccccc3)on2)CC1. The second kappa shape index (κ2) is 7.84. The van der Waals surface area contributed by atoms with Gasteiger partial charge in [0.15, 0.2) is 17.2 Å². The van der Waals surface area contributed by atoms with Gasteiger partial charge in [-0.2, -0.15) is 10.2 Å². The molecule has 5 rings (SSSR count). The van der Waals surface area contributed by atoms with Crippen molar-refractivity contribution in [3.05, 3.63) is 66.2 Å². The number of hydrogen-bond acceptors (Lipinski definition) is 8. The number of carbonyl (C=O) groups excluding carboxylic acids is 1. The van der Waals surface area contributed by atoms with Crippen molar-refractivity contribution in [2.75, 3.05) is 31.1 Å². The van der Waals surface area contributed by atoms with Crippen molar-refractivity contribution in [3.63, 3.8) is 0 Å². The van der Waals surface area contributed by atoms with E-state index >= 15 is 0 Å². The standard InChI is InChI=1S/C22H17N5O4/c23-14-17-22(30-20(24-17)18-7-4-12-29-18)27-10-8-26(9-11-27)21(28)16-13-19(31-25-16)15-5-2-1-3-6-15/h1-7,12-13H,8-11H2. The summed E-state index contributed by atoms with van der Waals surface area (Å²) >= 11 is 0. The van der Waals surface area contributed by atoms with Crippen LogP contribution in [0.5, 0.6) is 0 Å². The highest BCUT2D eigenvalue weighted by Crippen LogP contribution is 2.29. The summed E-state index contributed by atoms with van der Waals surface area (Å²) in [5.41, 5.74) is 1.32. The summed E-state index contributed by atoms with van der Waals surface area (Å²) in [4.78, 5) is 20.7. The van der Waals surface area contributed by atoms with Gasteiger partial charge in [0.1, 0.15) is 6.07 Å². The zero-order valence-corrected chi connectivity index (χ0v) is 16.4. The van der Waals surface area contributed by atoms with E-state index in [1.165, 1.54) is 6.26 Å². The van der Waals surface area contributed by atoms with Crippen molar-refractivity contribution in [3.8, 4) is 29.0 Å². The number of rotatable bonds is 4. The molecule has 0 N–H and O–H groups in total. The molecule has 9 heteroatoms. The minimum atomic E-state index is -0.195. The summed E-state index contributed by atoms with van der Waals surface area (Å²) in [6.07, 6.45) is 1.52. The van der Waals surface area contributed by atoms with Crippen molar-refractivity contribution in [1.82, 2.24) is 15.0 Å². The monoisotopic (exact) mass is 415 g/mol. The Morgan fingerprint density at radius 3 is 2.55 bits per heavy atom. The minimum Gasteiger partial charge on any atom is -0.459 e. The van der Waals surface area contributed by atoms with Crippen LogP contribution in [0, 0.1) is 11.3 Å². The normalized spacial score (nSPS) is 13.9. The van der Waals surface area contributed by atoms with E-state index in [0.717, 1.165) is 5.56 Å². The molecule has 3 aromatic heterocycles. The Bertz CT molecular complexity index is 1230. The topological polar surface area (TPSA) is 113 Å². The fourth-order valence-electron chi connectivity index (χ4n) is 3.49. The maximum Gasteiger partial charge on any atom is 0.276 e. The number of anilines is 1. The van der Waals surface area contributed by atoms with Crippen LogP contribution in [0.25, 0.3) is 23.0 Å². The van der Waals surface area contributed by atoms with Crippen molar-refractivity contribution < 1.29 is 18.2 Å². The molecule has 1 saturated heterocycles. The Labute approximate surface area is 177 Å². The summed E-state index contributed by atoms with van der Waals surface area (Å²) in [7, 11) is 0. The molecular weight excluding hydrogens is 398 g/mol. The molecule has 0 saturated carbocycles. The fraction of sp³-hybridized carbons (Fsp3) is 0.182. The molecule has 1 fully saturated rings. The lowest BCUT2D eigenvalue weighted by atomic mass is 10.1. The summed E-state index contributed by atoms with van der Waals surface area (Å²) in [5.74, 6) is 1.45. The number of nitriles is 1. The maximum absolute atomic E-state index is 12.9. The number of piperazine rings is 1. The van der Waals surface area contributed by atoms with E-state index in [0.29, 0.717) is 43.6 Å². The van der Waals surface area contributed by atoms with Gasteiger partial charge in [0.2, 0.25) is 11.6 Å². The highest BCUT2D eigenvalue weighted by molar-refractivity contribution is 5.93. The van der Waals surface area contributed by atoms with Crippen molar-refractivity contribution in [2.24, 2.45) is 0 Å². The summed E-state index contributed by atoms with van der Waals surface area (Å²) in [5, 5.41) is 13.4. The van der Waals surface area contributed by atoms with Crippen LogP contribution in [0.3, 0.4) is 0 Å². The van der Waals surface area contributed by atoms with E-state index < -0.39 is 0 Å². The first-order chi connectivity index (χ1) is 15.2. The number of carbonyl (C=O) groups is 1. The maximum atomic E-state index is 12.9. The minimum absolute atomic E-state index is 0.190. The Balaban J connectivity index is 1.27. The lowest BCUT2D eigenvalue weighted by Crippen LogP contribution is -2.49. The first-order valence-electron chi connectivity index (χ1n) is 9.74. The van der Waals surface area contributed by atoms with E-state index in [-0.39, 0.29) is 23.2 Å². The van der Waals surface area contributed by atoms with Gasteiger partial charge in [0.05, 0.1) is 6.26 Å². The van der Waals surface area contributed by atoms with Crippen LogP contribution in [-0.2, 0) is 0 Å². The van der Waals surface area contributed by atoms with Gasteiger partial charge < -0.3 is 23.2 Å². The van der Waals surface area contributed by atoms with Crippen LogP contribution in [-0.4, -0.2) is 47.1 Å². The highest BCUT2D eigenvalue weighted by Gasteiger charge is 2.28. The van der Waals surface area contributed by atoms with Gasteiger partial charge in [-0.1, -0.05) is 35.5 Å². The molecule has 9 nitrogen and oxygen atoms in total. The Morgan fingerprint density at radius 2 is 1.84 bits per heavy atom. The zero-order chi connectivity index (χ0) is 21.2. The van der Waals surface area contributed by atoms with Crippen LogP contribution < -0.4 is 4.90 Å². The first kappa shape index (κ1) is 18.7. The third-order valence-electron chi connectivity index (χ3n) is 5.09. The van der Waals surface area contributed by atoms with Crippen LogP contribution in [0.2, 0.25) is 0 Å². The average Bonchev–Trinajstić information content (AvgIpc) is 3.59. The van der Waals surface area contributed by atoms with Gasteiger partial charge in [-0.25, -0.2) is 0 Å². The smallest absolute Gasteiger partial charge is 0.276 e. The van der Waals surface area contributed by atoms with Gasteiger partial charge in [-0.05, 0) is 12.1 Å². The third kappa shape index (κ3) is 3.55. The van der Waals surface area contributed by atoms with Crippen LogP contribution in [0.1, 0.15) is 16.2 Å². The molecule has 1 aromatic carbocycles. The number of aromatic nitrogens is 2. The molecule has 0 atom stereocenters. The molecule has 0 radical (unpaired) electrons. The molecule has 0 bridgehead atoms. The molecule has 1 aliphatic rings. The second-order valence-electron chi connectivity index (χ2n) is 6.98. The molecule has 4 heterocycles. The molecule has 0 unspecified atom stereocenters. The van der Waals surface area contributed by atoms with Gasteiger partial charge in [-0.3, -0.25) is 4.79 Å². The Morgan fingerprint density at radius 1 is 1.03 bits per heavy atom. The second-order valence-corrected chi connectivity index (χ2v) is 6.98. The zero-order valence-electron chi connectivity index (χ0n) is 16.4. The third-order valence-corrected chi connectivity index (χ3v) is 5.09. The molecule has 0 aliphatic carbocycles. The van der Waals surface area contributed by atoms with Crippen molar-refractivity contribution >= 4 is 11.8 Å². The number of hydrogen-bond donors (Lipinski definition) is 0. The number of amides is 1. The number of furan rings is 1. The predicted molar refractivity (Wildman–Crippen MR) is 109 cm³/mol. The molecule has 31 heavy (non-hydrogen) atoms. The van der Waals surface area contributed by atoms with E-state index in [1.807, 2.05) is 35.2 Å². The van der Waals surface area contributed by atoms with Gasteiger partial charge >= 0.3 is 0 Å². The average molecular weight is 415 g/mol. The summed E-state index contributed by atoms with van der Waals surface area (Å²) < 4.78 is 16.4. The predicted octanol–water partition coefficient (Wildman–Crippen LogP) is 3.42. The quantitative estimate of drug-likeness (QED) is 0.498. The number of nitrogens with zero attached hydrogens (tertiary/aromatic N) is 5. The van der Waals surface area contributed by atoms with Crippen LogP contribution in [0.4, 0.5) is 5.88 Å². The Kier molecular flexibility index (Phi) is 4.72. The number of oxazole rings is 1. The molecule has 1 amide bonds. The number of benzene rings is 1. The molecule has 0 spiro atoms. The lowest BCUT2D eigenvalue weighted by Gasteiger charge is -2.34. The van der Waals surface area contributed by atoms with E-state index in [9.17, 15) is 10.1 Å². The largest absolute Gasteiger partial charge is 0.459 e. The summed E-state index contributed by atoms with van der Waals surface area (Å²) in [6, 6.07) is 16.7. The highest BCUT2D eigenvalue weighted by atomic mass is 16.5. The lowest BCUT2D eigenvalue weighted by molar-refractivity contribution is 0.0735. The molecular formula is C22H17N5O4. The van der Waals surface area contributed by atoms with E-state index in [1.54, 1.807) is 23.1 Å². The molecule has 154 valence electrons. The van der Waals surface area contributed by atoms with Gasteiger partial charge in [-0.15, -0.1) is 0 Å². The van der Waals surface area contributed by atoms with Gasteiger partial charge in [0, 0.05) is 37.8 Å². The van der Waals surface area contributed by atoms with E-state index in [4.69, 9.17) is 13.4 Å². The van der Waals surface area contributed by atoms with Crippen molar-refractivity contribution in [1.29, 1.82) is 5.26 Å². The molecule has 4 aromatic rings. The van der Waals surface area contributed by atoms with Gasteiger partial charge in [0.25, 0.3) is 11.8 Å². The Hall–Kier alpha value is -4.32. The van der Waals surface area contributed by atoms with Crippen LogP contribution in [0.15, 0.2) is 68.2 Å². The first-order valence-corrected chi connectivity index (χ1v) is 9.74. The summed E-state index contributed by atoms with van der Waals surface area (Å²) in [6.45, 7) is 1.90. The van der Waals surface area contributed by atoms with Crippen LogP contribution >= 0.6 is 0 Å². The van der Waals surface area contributed by atoms with E-state index in [2.05, 4.69) is 16.2 Å². The fourth-order valence-corrected chi connectivity index (χ4v) is 3.49. The molecule has 1 aliphatic heterocycles.